The van der Waals surface area contributed by atoms with Crippen molar-refractivity contribution in [3.63, 3.8) is 0 Å². The summed E-state index contributed by atoms with van der Waals surface area (Å²) in [5, 5.41) is 11.4. The number of likely N-dealkylation sites (tertiary alicyclic amines) is 1. The highest BCUT2D eigenvalue weighted by molar-refractivity contribution is 6.03. The number of methoxy groups -OCH3 is 1. The molecule has 1 atom stereocenters. The van der Waals surface area contributed by atoms with Gasteiger partial charge in [0.2, 0.25) is 5.91 Å². The van der Waals surface area contributed by atoms with Crippen LogP contribution in [0.15, 0.2) is 79.1 Å². The number of benzene rings is 2. The number of pyridine rings is 2. The summed E-state index contributed by atoms with van der Waals surface area (Å²) >= 11 is 0. The van der Waals surface area contributed by atoms with Gasteiger partial charge in [-0.05, 0) is 60.5 Å². The van der Waals surface area contributed by atoms with Crippen molar-refractivity contribution >= 4 is 34.5 Å². The van der Waals surface area contributed by atoms with E-state index in [1.807, 2.05) is 36.1 Å². The van der Waals surface area contributed by atoms with E-state index in [2.05, 4.69) is 20.6 Å². The Labute approximate surface area is 273 Å². The maximum absolute atomic E-state index is 13.1. The number of amides is 2. The maximum atomic E-state index is 13.1. The second kappa shape index (κ2) is 13.6. The zero-order valence-corrected chi connectivity index (χ0v) is 26.1. The van der Waals surface area contributed by atoms with Crippen molar-refractivity contribution in [1.82, 2.24) is 24.6 Å². The first-order chi connectivity index (χ1) is 23.1. The lowest BCUT2D eigenvalue weighted by atomic mass is 10.2. The molecule has 1 aliphatic rings. The fraction of sp³-hybridized carbons (Fsp3) is 0.265. The quantitative estimate of drug-likeness (QED) is 0.177. The fourth-order valence-corrected chi connectivity index (χ4v) is 5.46. The molecule has 2 aromatic carbocycles. The third-order valence-electron chi connectivity index (χ3n) is 7.94. The Balaban J connectivity index is 1.25. The standard InChI is InChI=1S/C34H32F3N7O4/c1-3-29(45)43-17-14-24(20-43)40-31-30-27(13-16-39-32(30)44(42-31)19-21-4-8-25(47-2)9-5-21)48-26-10-6-22(7-11-26)33(46)41-28-18-23(12-15-38-28)34(35,36)37/h4-13,15-16,18,24H,3,14,17,19-20H2,1-2H3,(H,40,42)(H,38,41,46)/t24-/m1/s1. The van der Waals surface area contributed by atoms with E-state index in [9.17, 15) is 22.8 Å². The molecule has 1 fully saturated rings. The number of nitrogens with zero attached hydrogens (tertiary/aromatic N) is 5. The molecular formula is C34H32F3N7O4. The minimum absolute atomic E-state index is 0.0230. The molecule has 2 N–H and O–H groups in total. The molecule has 3 aromatic heterocycles. The molecule has 11 nitrogen and oxygen atoms in total. The predicted octanol–water partition coefficient (Wildman–Crippen LogP) is 6.37. The average molecular weight is 660 g/mol. The van der Waals surface area contributed by atoms with Crippen LogP contribution in [0.2, 0.25) is 0 Å². The number of ether oxygens (including phenoxy) is 2. The van der Waals surface area contributed by atoms with Crippen molar-refractivity contribution in [2.75, 3.05) is 30.8 Å². The summed E-state index contributed by atoms with van der Waals surface area (Å²) in [6.45, 7) is 3.48. The van der Waals surface area contributed by atoms with Crippen LogP contribution in [0.5, 0.6) is 17.2 Å². The molecule has 1 aliphatic heterocycles. The van der Waals surface area contributed by atoms with Crippen LogP contribution in [0, 0.1) is 0 Å². The Kier molecular flexibility index (Phi) is 9.15. The number of carbonyl (C=O) groups excluding carboxylic acids is 2. The van der Waals surface area contributed by atoms with Crippen molar-refractivity contribution in [2.24, 2.45) is 0 Å². The highest BCUT2D eigenvalue weighted by Gasteiger charge is 2.31. The minimum atomic E-state index is -4.56. The van der Waals surface area contributed by atoms with Crippen LogP contribution in [0.4, 0.5) is 24.8 Å². The Morgan fingerprint density at radius 2 is 1.71 bits per heavy atom. The number of hydrogen-bond acceptors (Lipinski definition) is 8. The van der Waals surface area contributed by atoms with Crippen LogP contribution < -0.4 is 20.1 Å². The van der Waals surface area contributed by atoms with Crippen LogP contribution in [-0.4, -0.2) is 62.7 Å². The summed E-state index contributed by atoms with van der Waals surface area (Å²) in [4.78, 5) is 35.4. The molecule has 5 aromatic rings. The van der Waals surface area contributed by atoms with Crippen molar-refractivity contribution in [3.8, 4) is 17.2 Å². The summed E-state index contributed by atoms with van der Waals surface area (Å²) in [6, 6.07) is 17.1. The van der Waals surface area contributed by atoms with Gasteiger partial charge >= 0.3 is 6.18 Å². The zero-order valence-electron chi connectivity index (χ0n) is 26.1. The van der Waals surface area contributed by atoms with Gasteiger partial charge in [-0.1, -0.05) is 19.1 Å². The smallest absolute Gasteiger partial charge is 0.416 e. The van der Waals surface area contributed by atoms with Crippen LogP contribution in [0.25, 0.3) is 11.0 Å². The van der Waals surface area contributed by atoms with Crippen molar-refractivity contribution < 1.29 is 32.2 Å². The number of nitrogens with one attached hydrogen (secondary N) is 2. The third-order valence-corrected chi connectivity index (χ3v) is 7.94. The van der Waals surface area contributed by atoms with Gasteiger partial charge in [0.05, 0.1) is 19.2 Å². The summed E-state index contributed by atoms with van der Waals surface area (Å²) in [7, 11) is 1.61. The summed E-state index contributed by atoms with van der Waals surface area (Å²) in [5.41, 5.74) is 0.842. The molecule has 1 saturated heterocycles. The van der Waals surface area contributed by atoms with Gasteiger partial charge in [-0.3, -0.25) is 9.59 Å². The van der Waals surface area contributed by atoms with Crippen LogP contribution in [-0.2, 0) is 17.5 Å². The topological polar surface area (TPSA) is 124 Å². The highest BCUT2D eigenvalue weighted by atomic mass is 19.4. The molecule has 0 aliphatic carbocycles. The third kappa shape index (κ3) is 7.17. The van der Waals surface area contributed by atoms with E-state index in [0.717, 1.165) is 36.1 Å². The molecule has 6 rings (SSSR count). The summed E-state index contributed by atoms with van der Waals surface area (Å²) in [5.74, 6) is 1.43. The Morgan fingerprint density at radius 1 is 0.979 bits per heavy atom. The lowest BCUT2D eigenvalue weighted by Crippen LogP contribution is -2.31. The fourth-order valence-electron chi connectivity index (χ4n) is 5.46. The van der Waals surface area contributed by atoms with Gasteiger partial charge in [-0.2, -0.15) is 18.3 Å². The Morgan fingerprint density at radius 3 is 2.42 bits per heavy atom. The van der Waals surface area contributed by atoms with Gasteiger partial charge in [0.15, 0.2) is 11.5 Å². The number of hydrogen-bond donors (Lipinski definition) is 2. The molecule has 0 spiro atoms. The number of halogens is 3. The molecule has 0 unspecified atom stereocenters. The predicted molar refractivity (Wildman–Crippen MR) is 172 cm³/mol. The SMILES string of the molecule is CCC(=O)N1CC[C@@H](Nc2nn(Cc3ccc(OC)cc3)c3nccc(Oc4ccc(C(=O)Nc5cc(C(F)(F)F)ccn5)cc4)c23)C1. The Hall–Kier alpha value is -5.66. The van der Waals surface area contributed by atoms with Crippen molar-refractivity contribution in [3.05, 3.63) is 95.8 Å². The van der Waals surface area contributed by atoms with Crippen LogP contribution >= 0.6 is 0 Å². The molecule has 4 heterocycles. The van der Waals surface area contributed by atoms with Crippen LogP contribution in [0.3, 0.4) is 0 Å². The summed E-state index contributed by atoms with van der Waals surface area (Å²) < 4.78 is 52.6. The molecule has 14 heteroatoms. The van der Waals surface area contributed by atoms with Gasteiger partial charge in [-0.15, -0.1) is 0 Å². The number of alkyl halides is 3. The van der Waals surface area contributed by atoms with Crippen LogP contribution in [0.1, 0.15) is 41.3 Å². The maximum Gasteiger partial charge on any atom is 0.416 e. The molecule has 248 valence electrons. The zero-order chi connectivity index (χ0) is 33.8. The van der Waals surface area contributed by atoms with E-state index in [1.54, 1.807) is 36.2 Å². The molecule has 0 radical (unpaired) electrons. The highest BCUT2D eigenvalue weighted by Crippen LogP contribution is 2.36. The van der Waals surface area contributed by atoms with E-state index >= 15 is 0 Å². The van der Waals surface area contributed by atoms with Gasteiger partial charge in [0, 0.05) is 49.6 Å². The largest absolute Gasteiger partial charge is 0.497 e. The Bertz CT molecular complexity index is 1930. The minimum Gasteiger partial charge on any atom is -0.497 e. The van der Waals surface area contributed by atoms with Crippen molar-refractivity contribution in [2.45, 2.75) is 38.5 Å². The number of fused-ring (bicyclic) bond motifs is 1. The van der Waals surface area contributed by atoms with E-state index in [0.29, 0.717) is 54.4 Å². The van der Waals surface area contributed by atoms with Gasteiger partial charge in [0.1, 0.15) is 28.5 Å². The molecule has 0 saturated carbocycles. The van der Waals surface area contributed by atoms with E-state index in [4.69, 9.17) is 14.6 Å². The number of anilines is 2. The molecule has 48 heavy (non-hydrogen) atoms. The second-order valence-corrected chi connectivity index (χ2v) is 11.2. The normalized spacial score (nSPS) is 14.6. The average Bonchev–Trinajstić information content (AvgIpc) is 3.70. The second-order valence-electron chi connectivity index (χ2n) is 11.2. The molecular weight excluding hydrogens is 627 g/mol. The van der Waals surface area contributed by atoms with Gasteiger partial charge < -0.3 is 25.0 Å². The number of carbonyl (C=O) groups is 2. The lowest BCUT2D eigenvalue weighted by molar-refractivity contribution is -0.137. The monoisotopic (exact) mass is 659 g/mol. The van der Waals surface area contributed by atoms with Crippen molar-refractivity contribution in [1.29, 1.82) is 0 Å². The van der Waals surface area contributed by atoms with Gasteiger partial charge in [-0.25, -0.2) is 14.6 Å². The lowest BCUT2D eigenvalue weighted by Gasteiger charge is -2.16. The first-order valence-electron chi connectivity index (χ1n) is 15.3. The first-order valence-corrected chi connectivity index (χ1v) is 15.3. The summed E-state index contributed by atoms with van der Waals surface area (Å²) in [6.07, 6.45) is -0.757. The van der Waals surface area contributed by atoms with Gasteiger partial charge in [0.25, 0.3) is 5.91 Å². The molecule has 0 bridgehead atoms. The number of rotatable bonds is 10. The first kappa shape index (κ1) is 32.3. The van der Waals surface area contributed by atoms with E-state index in [1.165, 1.54) is 12.1 Å². The number of aromatic nitrogens is 4. The van der Waals surface area contributed by atoms with E-state index < -0.39 is 17.6 Å². The van der Waals surface area contributed by atoms with E-state index in [-0.39, 0.29) is 23.3 Å². The molecule has 2 amide bonds.